The summed E-state index contributed by atoms with van der Waals surface area (Å²) in [6.45, 7) is 9.23. The van der Waals surface area contributed by atoms with Gasteiger partial charge < -0.3 is 10.1 Å². The fourth-order valence-corrected chi connectivity index (χ4v) is 4.05. The molecule has 1 unspecified atom stereocenters. The first-order valence-corrected chi connectivity index (χ1v) is 8.63. The Morgan fingerprint density at radius 2 is 2.00 bits per heavy atom. The van der Waals surface area contributed by atoms with Crippen LogP contribution in [-0.4, -0.2) is 49.8 Å². The van der Waals surface area contributed by atoms with E-state index in [-0.39, 0.29) is 0 Å². The molecule has 2 rings (SSSR count). The third-order valence-corrected chi connectivity index (χ3v) is 5.08. The lowest BCUT2D eigenvalue weighted by Crippen LogP contribution is -2.65. The monoisotopic (exact) mass is 282 g/mol. The molecule has 1 N–H and O–H groups in total. The maximum absolute atomic E-state index is 5.24. The van der Waals surface area contributed by atoms with Crippen LogP contribution in [0, 0.1) is 5.92 Å². The van der Waals surface area contributed by atoms with Crippen LogP contribution in [0.1, 0.15) is 58.8 Å². The molecule has 3 heteroatoms. The summed E-state index contributed by atoms with van der Waals surface area (Å²) in [7, 11) is 1.81. The number of rotatable bonds is 6. The molecule has 1 atom stereocenters. The van der Waals surface area contributed by atoms with Gasteiger partial charge >= 0.3 is 0 Å². The quantitative estimate of drug-likeness (QED) is 0.758. The molecule has 1 aliphatic carbocycles. The van der Waals surface area contributed by atoms with Crippen molar-refractivity contribution in [1.82, 2.24) is 10.2 Å². The van der Waals surface area contributed by atoms with Crippen LogP contribution in [0.3, 0.4) is 0 Å². The molecular weight excluding hydrogens is 248 g/mol. The minimum atomic E-state index is 0.429. The van der Waals surface area contributed by atoms with Crippen molar-refractivity contribution < 1.29 is 4.74 Å². The van der Waals surface area contributed by atoms with E-state index in [4.69, 9.17) is 4.74 Å². The number of hydrogen-bond donors (Lipinski definition) is 1. The van der Waals surface area contributed by atoms with E-state index >= 15 is 0 Å². The summed E-state index contributed by atoms with van der Waals surface area (Å²) in [5.41, 5.74) is 0.429. The molecule has 118 valence electrons. The van der Waals surface area contributed by atoms with Crippen molar-refractivity contribution in [2.24, 2.45) is 5.92 Å². The summed E-state index contributed by atoms with van der Waals surface area (Å²) < 4.78 is 5.24. The van der Waals surface area contributed by atoms with Gasteiger partial charge in [0.2, 0.25) is 0 Å². The second-order valence-electron chi connectivity index (χ2n) is 7.32. The lowest BCUT2D eigenvalue weighted by Gasteiger charge is -2.50. The van der Waals surface area contributed by atoms with Crippen molar-refractivity contribution in [2.45, 2.75) is 70.4 Å². The van der Waals surface area contributed by atoms with Gasteiger partial charge in [0.25, 0.3) is 0 Å². The van der Waals surface area contributed by atoms with Gasteiger partial charge in [-0.15, -0.1) is 0 Å². The third kappa shape index (κ3) is 4.44. The molecule has 0 bridgehead atoms. The molecule has 0 amide bonds. The highest BCUT2D eigenvalue weighted by Gasteiger charge is 2.39. The zero-order valence-corrected chi connectivity index (χ0v) is 13.8. The topological polar surface area (TPSA) is 24.5 Å². The molecule has 1 spiro atoms. The van der Waals surface area contributed by atoms with E-state index in [2.05, 4.69) is 24.1 Å². The fraction of sp³-hybridized carbons (Fsp3) is 1.00. The van der Waals surface area contributed by atoms with E-state index in [0.29, 0.717) is 5.54 Å². The van der Waals surface area contributed by atoms with E-state index < -0.39 is 0 Å². The van der Waals surface area contributed by atoms with E-state index in [0.717, 1.165) is 18.6 Å². The molecule has 1 saturated heterocycles. The van der Waals surface area contributed by atoms with E-state index in [1.54, 1.807) is 0 Å². The Morgan fingerprint density at radius 1 is 1.25 bits per heavy atom. The van der Waals surface area contributed by atoms with E-state index in [1.807, 2.05) is 7.11 Å². The average Bonchev–Trinajstić information content (AvgIpc) is 2.43. The van der Waals surface area contributed by atoms with E-state index in [1.165, 1.54) is 64.6 Å². The number of hydrogen-bond acceptors (Lipinski definition) is 3. The van der Waals surface area contributed by atoms with Crippen LogP contribution in [0.25, 0.3) is 0 Å². The van der Waals surface area contributed by atoms with Crippen LogP contribution in [0.4, 0.5) is 0 Å². The Morgan fingerprint density at radius 3 is 2.65 bits per heavy atom. The molecule has 0 aromatic heterocycles. The van der Waals surface area contributed by atoms with Gasteiger partial charge in [-0.1, -0.05) is 33.1 Å². The van der Waals surface area contributed by atoms with Crippen molar-refractivity contribution in [3.05, 3.63) is 0 Å². The van der Waals surface area contributed by atoms with Crippen LogP contribution in [0.15, 0.2) is 0 Å². The van der Waals surface area contributed by atoms with Gasteiger partial charge in [0.1, 0.15) is 0 Å². The number of ether oxygens (including phenoxy) is 1. The van der Waals surface area contributed by atoms with Crippen LogP contribution in [-0.2, 0) is 4.74 Å². The average molecular weight is 282 g/mol. The summed E-state index contributed by atoms with van der Waals surface area (Å²) in [6.07, 6.45) is 9.49. The van der Waals surface area contributed by atoms with Crippen LogP contribution < -0.4 is 5.32 Å². The number of nitrogens with one attached hydrogen (secondary N) is 1. The third-order valence-electron chi connectivity index (χ3n) is 5.08. The summed E-state index contributed by atoms with van der Waals surface area (Å²) in [5, 5.41) is 3.94. The first-order valence-electron chi connectivity index (χ1n) is 8.63. The van der Waals surface area contributed by atoms with Gasteiger partial charge in [-0.05, 0) is 31.6 Å². The molecule has 2 fully saturated rings. The van der Waals surface area contributed by atoms with Crippen molar-refractivity contribution in [3.63, 3.8) is 0 Å². The summed E-state index contributed by atoms with van der Waals surface area (Å²) in [5.74, 6) is 0.784. The second-order valence-corrected chi connectivity index (χ2v) is 7.32. The number of piperazine rings is 1. The van der Waals surface area contributed by atoms with Gasteiger partial charge in [-0.2, -0.15) is 0 Å². The smallest absolute Gasteiger partial charge is 0.0474 e. The highest BCUT2D eigenvalue weighted by Crippen LogP contribution is 2.32. The normalized spacial score (nSPS) is 27.3. The fourth-order valence-electron chi connectivity index (χ4n) is 4.05. The molecule has 1 heterocycles. The van der Waals surface area contributed by atoms with Crippen LogP contribution >= 0.6 is 0 Å². The predicted molar refractivity (Wildman–Crippen MR) is 85.1 cm³/mol. The van der Waals surface area contributed by atoms with Crippen molar-refractivity contribution in [3.8, 4) is 0 Å². The summed E-state index contributed by atoms with van der Waals surface area (Å²) in [6, 6.07) is 0.722. The lowest BCUT2D eigenvalue weighted by atomic mass is 9.79. The SMILES string of the molecule is COCCCN1CC2(CCCCC2)NCC1CC(C)C. The minimum Gasteiger partial charge on any atom is -0.385 e. The highest BCUT2D eigenvalue weighted by molar-refractivity contribution is 4.99. The van der Waals surface area contributed by atoms with E-state index in [9.17, 15) is 0 Å². The number of nitrogens with zero attached hydrogens (tertiary/aromatic N) is 1. The lowest BCUT2D eigenvalue weighted by molar-refractivity contribution is 0.0408. The van der Waals surface area contributed by atoms with Gasteiger partial charge in [0.15, 0.2) is 0 Å². The predicted octanol–water partition coefficient (Wildman–Crippen LogP) is 3.05. The molecule has 1 saturated carbocycles. The van der Waals surface area contributed by atoms with Crippen molar-refractivity contribution in [1.29, 1.82) is 0 Å². The Bertz CT molecular complexity index is 274. The number of methoxy groups -OCH3 is 1. The maximum atomic E-state index is 5.24. The summed E-state index contributed by atoms with van der Waals surface area (Å²) in [4.78, 5) is 2.76. The largest absolute Gasteiger partial charge is 0.385 e. The zero-order chi connectivity index (χ0) is 14.4. The molecule has 3 nitrogen and oxygen atoms in total. The molecular formula is C17H34N2O. The molecule has 1 aliphatic heterocycles. The van der Waals surface area contributed by atoms with Crippen LogP contribution in [0.2, 0.25) is 0 Å². The van der Waals surface area contributed by atoms with Gasteiger partial charge in [0.05, 0.1) is 0 Å². The minimum absolute atomic E-state index is 0.429. The Labute approximate surface area is 125 Å². The zero-order valence-electron chi connectivity index (χ0n) is 13.8. The Hall–Kier alpha value is -0.120. The second kappa shape index (κ2) is 7.77. The standard InChI is InChI=1S/C17H34N2O/c1-15(2)12-16-13-18-17(8-5-4-6-9-17)14-19(16)10-7-11-20-3/h15-16,18H,4-14H2,1-3H3. The molecule has 20 heavy (non-hydrogen) atoms. The summed E-state index contributed by atoms with van der Waals surface area (Å²) >= 11 is 0. The maximum Gasteiger partial charge on any atom is 0.0474 e. The first kappa shape index (κ1) is 16.3. The Balaban J connectivity index is 1.94. The molecule has 0 aromatic carbocycles. The van der Waals surface area contributed by atoms with Gasteiger partial charge in [0, 0.05) is 44.9 Å². The molecule has 0 aromatic rings. The highest BCUT2D eigenvalue weighted by atomic mass is 16.5. The van der Waals surface area contributed by atoms with Gasteiger partial charge in [-0.3, -0.25) is 4.90 Å². The molecule has 2 aliphatic rings. The molecule has 0 radical (unpaired) electrons. The van der Waals surface area contributed by atoms with Crippen LogP contribution in [0.5, 0.6) is 0 Å². The Kier molecular flexibility index (Phi) is 6.31. The van der Waals surface area contributed by atoms with Crippen molar-refractivity contribution >= 4 is 0 Å². The van der Waals surface area contributed by atoms with Crippen molar-refractivity contribution in [2.75, 3.05) is 33.4 Å². The first-order chi connectivity index (χ1) is 9.65. The van der Waals surface area contributed by atoms with Gasteiger partial charge in [-0.25, -0.2) is 0 Å².